The minimum Gasteiger partial charge on any atom is -0.355 e. The van der Waals surface area contributed by atoms with Gasteiger partial charge < -0.3 is 10.2 Å². The molecule has 0 aromatic carbocycles. The summed E-state index contributed by atoms with van der Waals surface area (Å²) in [5, 5.41) is 3.26. The summed E-state index contributed by atoms with van der Waals surface area (Å²) in [6.45, 7) is 7.06. The predicted molar refractivity (Wildman–Crippen MR) is 110 cm³/mol. The first-order valence-electron chi connectivity index (χ1n) is 8.72. The molecule has 7 nitrogen and oxygen atoms in total. The molecule has 2 rings (SSSR count). The number of nitrogens with zero attached hydrogens (tertiary/aromatic N) is 3. The Bertz CT molecular complexity index is 494. The molecule has 0 amide bonds. The van der Waals surface area contributed by atoms with E-state index in [1.54, 1.807) is 14.0 Å². The monoisotopic (exact) mass is 473 g/mol. The number of guanidine groups is 1. The molecule has 2 saturated heterocycles. The molecule has 0 spiro atoms. The number of hydrogen-bond donors (Lipinski definition) is 2. The molecule has 2 N–H and O–H groups in total. The quantitative estimate of drug-likeness (QED) is 0.257. The van der Waals surface area contributed by atoms with Gasteiger partial charge in [-0.05, 0) is 39.3 Å². The molecule has 0 aliphatic carbocycles. The Morgan fingerprint density at radius 2 is 1.88 bits per heavy atom. The number of piperidine rings is 1. The Kier molecular flexibility index (Phi) is 9.83. The highest BCUT2D eigenvalue weighted by Gasteiger charge is 2.29. The van der Waals surface area contributed by atoms with E-state index in [2.05, 4.69) is 24.8 Å². The zero-order valence-corrected chi connectivity index (χ0v) is 18.0. The van der Waals surface area contributed by atoms with Crippen molar-refractivity contribution in [1.82, 2.24) is 19.8 Å². The number of hydrogen-bond acceptors (Lipinski definition) is 4. The van der Waals surface area contributed by atoms with Crippen LogP contribution in [0.5, 0.6) is 0 Å². The Balaban J connectivity index is 0.00000288. The second kappa shape index (κ2) is 10.8. The average molecular weight is 473 g/mol. The summed E-state index contributed by atoms with van der Waals surface area (Å²) in [5.41, 5.74) is 0. The SMILES string of the molecule is CCS(=O)(=O)NCCNC(=NC)N1CCC(N2CCCCC2)C1.I. The van der Waals surface area contributed by atoms with Gasteiger partial charge in [-0.1, -0.05) is 6.42 Å². The van der Waals surface area contributed by atoms with Gasteiger partial charge in [0.25, 0.3) is 0 Å². The first-order valence-corrected chi connectivity index (χ1v) is 10.4. The number of rotatable bonds is 6. The second-order valence-electron chi connectivity index (χ2n) is 6.26. The lowest BCUT2D eigenvalue weighted by molar-refractivity contribution is 0.168. The lowest BCUT2D eigenvalue weighted by Crippen LogP contribution is -2.46. The van der Waals surface area contributed by atoms with Crippen molar-refractivity contribution in [1.29, 1.82) is 0 Å². The Hall–Kier alpha value is -0.130. The number of aliphatic imine (C=N–C) groups is 1. The molecule has 1 atom stereocenters. The van der Waals surface area contributed by atoms with Gasteiger partial charge in [0.05, 0.1) is 5.75 Å². The first-order chi connectivity index (χ1) is 11.1. The minimum absolute atomic E-state index is 0. The van der Waals surface area contributed by atoms with E-state index in [1.807, 2.05) is 0 Å². The van der Waals surface area contributed by atoms with Crippen LogP contribution in [0, 0.1) is 0 Å². The Morgan fingerprint density at radius 3 is 2.50 bits per heavy atom. The molecular weight excluding hydrogens is 441 g/mol. The average Bonchev–Trinajstić information content (AvgIpc) is 3.05. The summed E-state index contributed by atoms with van der Waals surface area (Å²) in [6.07, 6.45) is 5.19. The lowest BCUT2D eigenvalue weighted by Gasteiger charge is -2.32. The van der Waals surface area contributed by atoms with Crippen LogP contribution in [0.3, 0.4) is 0 Å². The summed E-state index contributed by atoms with van der Waals surface area (Å²) in [4.78, 5) is 9.24. The van der Waals surface area contributed by atoms with Crippen molar-refractivity contribution in [2.24, 2.45) is 4.99 Å². The van der Waals surface area contributed by atoms with Gasteiger partial charge in [-0.25, -0.2) is 13.1 Å². The molecule has 0 aromatic rings. The standard InChI is InChI=1S/C15H31N5O2S.HI/c1-3-23(21,22)18-9-8-17-15(16-2)20-12-7-14(13-20)19-10-5-4-6-11-19;/h14,18H,3-13H2,1-2H3,(H,16,17);1H. The van der Waals surface area contributed by atoms with Gasteiger partial charge in [-0.15, -0.1) is 24.0 Å². The number of sulfonamides is 1. The van der Waals surface area contributed by atoms with Crippen molar-refractivity contribution >= 4 is 40.0 Å². The van der Waals surface area contributed by atoms with Crippen LogP contribution < -0.4 is 10.0 Å². The van der Waals surface area contributed by atoms with Gasteiger partial charge in [0.15, 0.2) is 5.96 Å². The molecule has 0 bridgehead atoms. The van der Waals surface area contributed by atoms with E-state index in [1.165, 1.54) is 38.8 Å². The van der Waals surface area contributed by atoms with E-state index in [4.69, 9.17) is 0 Å². The van der Waals surface area contributed by atoms with Gasteiger partial charge in [-0.3, -0.25) is 9.89 Å². The zero-order valence-electron chi connectivity index (χ0n) is 14.8. The number of halogens is 1. The maximum atomic E-state index is 11.4. The molecule has 1 unspecified atom stereocenters. The molecule has 2 heterocycles. The molecule has 9 heteroatoms. The predicted octanol–water partition coefficient (Wildman–Crippen LogP) is 0.679. The van der Waals surface area contributed by atoms with Crippen LogP contribution in [0.1, 0.15) is 32.6 Å². The molecule has 24 heavy (non-hydrogen) atoms. The zero-order chi connectivity index (χ0) is 16.7. The highest BCUT2D eigenvalue weighted by atomic mass is 127. The van der Waals surface area contributed by atoms with Gasteiger partial charge in [0.1, 0.15) is 0 Å². The third-order valence-corrected chi connectivity index (χ3v) is 6.10. The fourth-order valence-electron chi connectivity index (χ4n) is 3.33. The first kappa shape index (κ1) is 21.9. The maximum Gasteiger partial charge on any atom is 0.211 e. The van der Waals surface area contributed by atoms with E-state index < -0.39 is 10.0 Å². The lowest BCUT2D eigenvalue weighted by atomic mass is 10.1. The Labute approximate surface area is 163 Å². The Morgan fingerprint density at radius 1 is 1.17 bits per heavy atom. The molecule has 142 valence electrons. The molecule has 2 fully saturated rings. The van der Waals surface area contributed by atoms with E-state index >= 15 is 0 Å². The normalized spacial score (nSPS) is 23.2. The maximum absolute atomic E-state index is 11.4. The number of likely N-dealkylation sites (tertiary alicyclic amines) is 2. The third kappa shape index (κ3) is 6.64. The van der Waals surface area contributed by atoms with Crippen LogP contribution in [0.25, 0.3) is 0 Å². The smallest absolute Gasteiger partial charge is 0.211 e. The van der Waals surface area contributed by atoms with Crippen LogP contribution in [-0.4, -0.2) is 82.3 Å². The highest BCUT2D eigenvalue weighted by Crippen LogP contribution is 2.20. The summed E-state index contributed by atoms with van der Waals surface area (Å²) >= 11 is 0. The summed E-state index contributed by atoms with van der Waals surface area (Å²) in [5.74, 6) is 0.992. The molecule has 0 radical (unpaired) electrons. The van der Waals surface area contributed by atoms with Crippen molar-refractivity contribution in [2.75, 3.05) is 52.1 Å². The van der Waals surface area contributed by atoms with E-state index in [0.29, 0.717) is 19.1 Å². The van der Waals surface area contributed by atoms with Gasteiger partial charge in [0.2, 0.25) is 10.0 Å². The van der Waals surface area contributed by atoms with Gasteiger partial charge in [-0.2, -0.15) is 0 Å². The van der Waals surface area contributed by atoms with Crippen molar-refractivity contribution in [3.8, 4) is 0 Å². The van der Waals surface area contributed by atoms with Crippen molar-refractivity contribution in [2.45, 2.75) is 38.6 Å². The van der Waals surface area contributed by atoms with Crippen LogP contribution in [0.4, 0.5) is 0 Å². The summed E-state index contributed by atoms with van der Waals surface area (Å²) in [6, 6.07) is 0.632. The van der Waals surface area contributed by atoms with Crippen LogP contribution in [0.2, 0.25) is 0 Å². The summed E-state index contributed by atoms with van der Waals surface area (Å²) in [7, 11) is -1.33. The highest BCUT2D eigenvalue weighted by molar-refractivity contribution is 14.0. The van der Waals surface area contributed by atoms with Crippen molar-refractivity contribution in [3.05, 3.63) is 0 Å². The van der Waals surface area contributed by atoms with Crippen LogP contribution in [0.15, 0.2) is 4.99 Å². The van der Waals surface area contributed by atoms with E-state index in [0.717, 1.165) is 19.0 Å². The molecule has 2 aliphatic heterocycles. The molecule has 2 aliphatic rings. The van der Waals surface area contributed by atoms with Crippen LogP contribution in [-0.2, 0) is 10.0 Å². The number of nitrogens with one attached hydrogen (secondary N) is 2. The fraction of sp³-hybridized carbons (Fsp3) is 0.933. The van der Waals surface area contributed by atoms with E-state index in [9.17, 15) is 8.42 Å². The van der Waals surface area contributed by atoms with Crippen molar-refractivity contribution in [3.63, 3.8) is 0 Å². The third-order valence-electron chi connectivity index (χ3n) is 4.69. The molecule has 0 saturated carbocycles. The van der Waals surface area contributed by atoms with Gasteiger partial charge >= 0.3 is 0 Å². The van der Waals surface area contributed by atoms with E-state index in [-0.39, 0.29) is 29.7 Å². The van der Waals surface area contributed by atoms with Crippen LogP contribution >= 0.6 is 24.0 Å². The minimum atomic E-state index is -3.12. The topological polar surface area (TPSA) is 77.0 Å². The second-order valence-corrected chi connectivity index (χ2v) is 8.35. The van der Waals surface area contributed by atoms with Crippen molar-refractivity contribution < 1.29 is 8.42 Å². The summed E-state index contributed by atoms with van der Waals surface area (Å²) < 4.78 is 25.4. The largest absolute Gasteiger partial charge is 0.355 e. The van der Waals surface area contributed by atoms with Gasteiger partial charge in [0, 0.05) is 39.3 Å². The molecular formula is C15H32IN5O2S. The molecule has 0 aromatic heterocycles. The fourth-order valence-corrected chi connectivity index (χ4v) is 3.95.